The van der Waals surface area contributed by atoms with Gasteiger partial charge in [0.15, 0.2) is 11.7 Å². The predicted octanol–water partition coefficient (Wildman–Crippen LogP) is 3.17. The molecule has 3 aromatic carbocycles. The van der Waals surface area contributed by atoms with E-state index in [2.05, 4.69) is 16.2 Å². The molecule has 0 unspecified atom stereocenters. The molecule has 3 N–H and O–H groups in total. The second kappa shape index (κ2) is 12.8. The summed E-state index contributed by atoms with van der Waals surface area (Å²) in [5.74, 6) is 1.12. The number of ether oxygens (including phenoxy) is 3. The van der Waals surface area contributed by atoms with Gasteiger partial charge in [0.25, 0.3) is 11.8 Å². The maximum atomic E-state index is 12.3. The Hall–Kier alpha value is -4.11. The summed E-state index contributed by atoms with van der Waals surface area (Å²) in [5, 5.41) is 2.44. The van der Waals surface area contributed by atoms with Crippen LogP contribution in [0.25, 0.3) is 0 Å². The molecule has 0 aliphatic rings. The van der Waals surface area contributed by atoms with E-state index in [0.717, 1.165) is 11.3 Å². The number of rotatable bonds is 9. The van der Waals surface area contributed by atoms with E-state index in [-0.39, 0.29) is 11.7 Å². The molecule has 0 spiro atoms. The summed E-state index contributed by atoms with van der Waals surface area (Å²) in [6, 6.07) is 23.4. The topological polar surface area (TPSA) is 97.9 Å². The van der Waals surface area contributed by atoms with Crippen molar-refractivity contribution >= 4 is 29.1 Å². The van der Waals surface area contributed by atoms with Gasteiger partial charge in [-0.2, -0.15) is 0 Å². The highest BCUT2D eigenvalue weighted by atomic mass is 32.1. The first-order valence-corrected chi connectivity index (χ1v) is 10.9. The van der Waals surface area contributed by atoms with Crippen LogP contribution in [-0.4, -0.2) is 36.7 Å². The summed E-state index contributed by atoms with van der Waals surface area (Å²) in [4.78, 5) is 24.3. The number of hydrogen-bond donors (Lipinski definition) is 3. The molecule has 34 heavy (non-hydrogen) atoms. The third kappa shape index (κ3) is 8.10. The van der Waals surface area contributed by atoms with E-state index in [4.69, 9.17) is 26.4 Å². The Bertz CT molecular complexity index is 1110. The highest BCUT2D eigenvalue weighted by Crippen LogP contribution is 2.16. The normalized spacial score (nSPS) is 10.0. The lowest BCUT2D eigenvalue weighted by molar-refractivity contribution is -0.123. The summed E-state index contributed by atoms with van der Waals surface area (Å²) in [6.45, 7) is 2.44. The van der Waals surface area contributed by atoms with Crippen molar-refractivity contribution in [1.29, 1.82) is 0 Å². The number of aryl methyl sites for hydroxylation is 1. The molecule has 0 aliphatic carbocycles. The molecule has 0 heterocycles. The first-order valence-electron chi connectivity index (χ1n) is 10.5. The van der Waals surface area contributed by atoms with Gasteiger partial charge >= 0.3 is 0 Å². The average molecular weight is 480 g/mol. The first-order chi connectivity index (χ1) is 16.5. The van der Waals surface area contributed by atoms with E-state index in [1.54, 1.807) is 30.3 Å². The molecule has 3 aromatic rings. The molecule has 0 bridgehead atoms. The van der Waals surface area contributed by atoms with Gasteiger partial charge in [0.2, 0.25) is 0 Å². The maximum Gasteiger partial charge on any atom is 0.276 e. The third-order valence-corrected chi connectivity index (χ3v) is 4.68. The minimum Gasteiger partial charge on any atom is -0.490 e. The Labute approximate surface area is 203 Å². The Morgan fingerprint density at radius 1 is 0.765 bits per heavy atom. The van der Waals surface area contributed by atoms with Crippen LogP contribution >= 0.6 is 12.2 Å². The molecule has 2 amide bonds. The number of amides is 2. The fourth-order valence-electron chi connectivity index (χ4n) is 2.77. The second-order valence-corrected chi connectivity index (χ2v) is 7.45. The quantitative estimate of drug-likeness (QED) is 0.246. The van der Waals surface area contributed by atoms with Gasteiger partial charge in [-0.15, -0.1) is 0 Å². The molecule has 0 fully saturated rings. The van der Waals surface area contributed by atoms with Gasteiger partial charge in [-0.3, -0.25) is 25.8 Å². The van der Waals surface area contributed by atoms with Crippen molar-refractivity contribution in [2.24, 2.45) is 0 Å². The molecular formula is C25H25N3O5S. The number of thiocarbonyl (C=S) groups is 1. The average Bonchev–Trinajstić information content (AvgIpc) is 2.86. The van der Waals surface area contributed by atoms with Gasteiger partial charge in [-0.1, -0.05) is 36.4 Å². The zero-order valence-electron chi connectivity index (χ0n) is 18.6. The Morgan fingerprint density at radius 3 is 2.06 bits per heavy atom. The third-order valence-electron chi connectivity index (χ3n) is 4.48. The number of para-hydroxylation sites is 2. The summed E-state index contributed by atoms with van der Waals surface area (Å²) in [7, 11) is 0. The van der Waals surface area contributed by atoms with Gasteiger partial charge in [-0.25, -0.2) is 0 Å². The molecule has 9 heteroatoms. The molecule has 0 aromatic heterocycles. The molecule has 8 nitrogen and oxygen atoms in total. The number of carbonyl (C=O) groups excluding carboxylic acids is 2. The van der Waals surface area contributed by atoms with Gasteiger partial charge in [0.05, 0.1) is 0 Å². The summed E-state index contributed by atoms with van der Waals surface area (Å²) < 4.78 is 16.6. The number of nitrogens with one attached hydrogen (secondary N) is 3. The number of hydrogen-bond acceptors (Lipinski definition) is 6. The molecular weight excluding hydrogens is 454 g/mol. The van der Waals surface area contributed by atoms with Gasteiger partial charge < -0.3 is 14.2 Å². The lowest BCUT2D eigenvalue weighted by Gasteiger charge is -2.12. The van der Waals surface area contributed by atoms with Crippen LogP contribution in [-0.2, 0) is 4.79 Å². The SMILES string of the molecule is Cc1ccccc1OCC(=O)NNC(=S)NC(=O)c1ccc(OCCOc2ccccc2)cc1. The largest absolute Gasteiger partial charge is 0.490 e. The summed E-state index contributed by atoms with van der Waals surface area (Å²) >= 11 is 5.05. The van der Waals surface area contributed by atoms with Gasteiger partial charge in [0, 0.05) is 5.56 Å². The highest BCUT2D eigenvalue weighted by molar-refractivity contribution is 7.80. The molecule has 3 rings (SSSR count). The van der Waals surface area contributed by atoms with E-state index in [9.17, 15) is 9.59 Å². The van der Waals surface area contributed by atoms with Gasteiger partial charge in [0.1, 0.15) is 30.5 Å². The van der Waals surface area contributed by atoms with E-state index in [0.29, 0.717) is 30.3 Å². The van der Waals surface area contributed by atoms with Crippen molar-refractivity contribution in [1.82, 2.24) is 16.2 Å². The smallest absolute Gasteiger partial charge is 0.276 e. The first kappa shape index (κ1) is 24.5. The lowest BCUT2D eigenvalue weighted by Crippen LogP contribution is -2.49. The van der Waals surface area contributed by atoms with Crippen LogP contribution in [0.3, 0.4) is 0 Å². The van der Waals surface area contributed by atoms with Crippen molar-refractivity contribution in [2.75, 3.05) is 19.8 Å². The number of benzene rings is 3. The Kier molecular flexibility index (Phi) is 9.24. The minimum atomic E-state index is -0.447. The van der Waals surface area contributed by atoms with Crippen LogP contribution in [0.2, 0.25) is 0 Å². The molecule has 0 aliphatic heterocycles. The fraction of sp³-hybridized carbons (Fsp3) is 0.160. The molecule has 176 valence electrons. The van der Waals surface area contributed by atoms with Crippen molar-refractivity contribution < 1.29 is 23.8 Å². The minimum absolute atomic E-state index is 0.0485. The van der Waals surface area contributed by atoms with E-state index >= 15 is 0 Å². The number of carbonyl (C=O) groups is 2. The van der Waals surface area contributed by atoms with Crippen LogP contribution < -0.4 is 30.4 Å². The maximum absolute atomic E-state index is 12.3. The van der Waals surface area contributed by atoms with Crippen LogP contribution in [0, 0.1) is 6.92 Å². The van der Waals surface area contributed by atoms with Crippen LogP contribution in [0.4, 0.5) is 0 Å². The van der Waals surface area contributed by atoms with E-state index in [1.807, 2.05) is 55.5 Å². The van der Waals surface area contributed by atoms with E-state index < -0.39 is 11.8 Å². The highest BCUT2D eigenvalue weighted by Gasteiger charge is 2.10. The molecule has 0 radical (unpaired) electrons. The standard InChI is InChI=1S/C25H25N3O5S/c1-18-7-5-6-10-22(18)33-17-23(29)27-28-25(34)26-24(30)19-11-13-21(14-12-19)32-16-15-31-20-8-3-2-4-9-20/h2-14H,15-17H2,1H3,(H,27,29)(H2,26,28,30,34). The van der Waals surface area contributed by atoms with Gasteiger partial charge in [-0.05, 0) is 67.2 Å². The number of hydrazine groups is 1. The second-order valence-electron chi connectivity index (χ2n) is 7.04. The van der Waals surface area contributed by atoms with Crippen molar-refractivity contribution in [3.8, 4) is 17.2 Å². The summed E-state index contributed by atoms with van der Waals surface area (Å²) in [6.07, 6.45) is 0. The van der Waals surface area contributed by atoms with Crippen LogP contribution in [0.5, 0.6) is 17.2 Å². The lowest BCUT2D eigenvalue weighted by atomic mass is 10.2. The van der Waals surface area contributed by atoms with Crippen molar-refractivity contribution in [2.45, 2.75) is 6.92 Å². The molecule has 0 saturated carbocycles. The fourth-order valence-corrected chi connectivity index (χ4v) is 2.91. The molecule has 0 atom stereocenters. The summed E-state index contributed by atoms with van der Waals surface area (Å²) in [5.41, 5.74) is 6.15. The zero-order chi connectivity index (χ0) is 24.2. The van der Waals surface area contributed by atoms with Crippen LogP contribution in [0.15, 0.2) is 78.9 Å². The van der Waals surface area contributed by atoms with Crippen molar-refractivity contribution in [3.63, 3.8) is 0 Å². The Morgan fingerprint density at radius 2 is 1.38 bits per heavy atom. The molecule has 0 saturated heterocycles. The Balaban J connectivity index is 1.34. The van der Waals surface area contributed by atoms with Crippen LogP contribution in [0.1, 0.15) is 15.9 Å². The predicted molar refractivity (Wildman–Crippen MR) is 132 cm³/mol. The van der Waals surface area contributed by atoms with E-state index in [1.165, 1.54) is 0 Å². The monoisotopic (exact) mass is 479 g/mol. The zero-order valence-corrected chi connectivity index (χ0v) is 19.4. The van der Waals surface area contributed by atoms with Crippen molar-refractivity contribution in [3.05, 3.63) is 90.0 Å².